The average Bonchev–Trinajstić information content (AvgIpc) is 2.36. The van der Waals surface area contributed by atoms with Crippen LogP contribution in [0.1, 0.15) is 54.0 Å². The summed E-state index contributed by atoms with van der Waals surface area (Å²) in [7, 11) is 0. The van der Waals surface area contributed by atoms with E-state index in [2.05, 4.69) is 76.2 Å². The fourth-order valence-electron chi connectivity index (χ4n) is 2.46. The molecule has 1 aromatic rings. The van der Waals surface area contributed by atoms with Crippen LogP contribution in [-0.4, -0.2) is 17.1 Å². The highest BCUT2D eigenvalue weighted by Crippen LogP contribution is 2.20. The number of nitrogens with zero attached hydrogens (tertiary/aromatic N) is 1. The van der Waals surface area contributed by atoms with Crippen LogP contribution in [0.4, 0.5) is 5.82 Å². The van der Waals surface area contributed by atoms with Crippen molar-refractivity contribution in [3.8, 4) is 0 Å². The molecule has 21 heavy (non-hydrogen) atoms. The number of anilines is 1. The minimum absolute atomic E-state index is 0.138. The van der Waals surface area contributed by atoms with Gasteiger partial charge < -0.3 is 10.6 Å². The molecule has 2 N–H and O–H groups in total. The summed E-state index contributed by atoms with van der Waals surface area (Å²) in [4.78, 5) is 4.52. The number of hydrogen-bond acceptors (Lipinski definition) is 3. The van der Waals surface area contributed by atoms with Gasteiger partial charge in [0.25, 0.3) is 0 Å². The monoisotopic (exact) mass is 291 g/mol. The van der Waals surface area contributed by atoms with Crippen molar-refractivity contribution in [1.82, 2.24) is 10.3 Å². The lowest BCUT2D eigenvalue weighted by molar-refractivity contribution is 0.304. The normalized spacial score (nSPS) is 12.5. The molecule has 0 aliphatic rings. The molecule has 1 rings (SSSR count). The maximum absolute atomic E-state index is 4.52. The van der Waals surface area contributed by atoms with Crippen molar-refractivity contribution >= 4 is 5.82 Å². The van der Waals surface area contributed by atoms with Crippen molar-refractivity contribution in [2.24, 2.45) is 17.8 Å². The number of pyridine rings is 1. The fourth-order valence-corrected chi connectivity index (χ4v) is 2.46. The van der Waals surface area contributed by atoms with E-state index in [0.717, 1.165) is 18.9 Å². The van der Waals surface area contributed by atoms with Gasteiger partial charge in [-0.15, -0.1) is 0 Å². The van der Waals surface area contributed by atoms with Crippen LogP contribution in [0, 0.1) is 17.8 Å². The van der Waals surface area contributed by atoms with Gasteiger partial charge in [-0.05, 0) is 50.2 Å². The van der Waals surface area contributed by atoms with E-state index >= 15 is 0 Å². The summed E-state index contributed by atoms with van der Waals surface area (Å²) in [6.07, 6.45) is 1.96. The van der Waals surface area contributed by atoms with Crippen LogP contribution in [0.25, 0.3) is 0 Å². The predicted octanol–water partition coefficient (Wildman–Crippen LogP) is 4.31. The molecule has 0 saturated carbocycles. The molecule has 1 aromatic heterocycles. The second-order valence-corrected chi connectivity index (χ2v) is 7.69. The molecule has 0 fully saturated rings. The van der Waals surface area contributed by atoms with Crippen LogP contribution in [0.15, 0.2) is 18.3 Å². The van der Waals surface area contributed by atoms with Gasteiger partial charge >= 0.3 is 0 Å². The lowest BCUT2D eigenvalue weighted by atomic mass is 9.85. The molecule has 0 radical (unpaired) electrons. The first-order valence-electron chi connectivity index (χ1n) is 8.13. The standard InChI is InChI=1S/C18H33N3/c1-13(2)16(14(3)4)12-20-17-9-8-15(10-19-17)11-21-18(5,6)7/h8-10,13-14,16,21H,11-12H2,1-7H3,(H,19,20). The summed E-state index contributed by atoms with van der Waals surface area (Å²) < 4.78 is 0. The molecule has 0 amide bonds. The van der Waals surface area contributed by atoms with Crippen molar-refractivity contribution in [2.75, 3.05) is 11.9 Å². The minimum atomic E-state index is 0.138. The van der Waals surface area contributed by atoms with Crippen molar-refractivity contribution < 1.29 is 0 Å². The third-order valence-electron chi connectivity index (χ3n) is 3.88. The molecule has 0 atom stereocenters. The van der Waals surface area contributed by atoms with Gasteiger partial charge in [-0.1, -0.05) is 33.8 Å². The molecule has 3 heteroatoms. The van der Waals surface area contributed by atoms with E-state index in [0.29, 0.717) is 17.8 Å². The maximum Gasteiger partial charge on any atom is 0.125 e. The van der Waals surface area contributed by atoms with Gasteiger partial charge in [0.2, 0.25) is 0 Å². The molecule has 0 aromatic carbocycles. The van der Waals surface area contributed by atoms with Crippen molar-refractivity contribution in [3.63, 3.8) is 0 Å². The van der Waals surface area contributed by atoms with Gasteiger partial charge in [0.15, 0.2) is 0 Å². The fraction of sp³-hybridized carbons (Fsp3) is 0.722. The number of nitrogens with one attached hydrogen (secondary N) is 2. The summed E-state index contributed by atoms with van der Waals surface area (Å²) >= 11 is 0. The number of hydrogen-bond donors (Lipinski definition) is 2. The van der Waals surface area contributed by atoms with E-state index in [1.54, 1.807) is 0 Å². The highest BCUT2D eigenvalue weighted by atomic mass is 15.0. The molecule has 0 aliphatic heterocycles. The summed E-state index contributed by atoms with van der Waals surface area (Å²) in [5, 5.41) is 6.95. The van der Waals surface area contributed by atoms with Gasteiger partial charge in [-0.3, -0.25) is 0 Å². The number of rotatable bonds is 7. The lowest BCUT2D eigenvalue weighted by Crippen LogP contribution is -2.35. The third-order valence-corrected chi connectivity index (χ3v) is 3.88. The van der Waals surface area contributed by atoms with E-state index in [9.17, 15) is 0 Å². The Morgan fingerprint density at radius 2 is 1.67 bits per heavy atom. The largest absolute Gasteiger partial charge is 0.370 e. The quantitative estimate of drug-likeness (QED) is 0.786. The highest BCUT2D eigenvalue weighted by molar-refractivity contribution is 5.35. The van der Waals surface area contributed by atoms with Gasteiger partial charge in [0, 0.05) is 24.8 Å². The van der Waals surface area contributed by atoms with Gasteiger partial charge in [0.05, 0.1) is 0 Å². The van der Waals surface area contributed by atoms with E-state index in [1.165, 1.54) is 5.56 Å². The Bertz CT molecular complexity index is 393. The SMILES string of the molecule is CC(C)C(CNc1ccc(CNC(C)(C)C)cn1)C(C)C. The summed E-state index contributed by atoms with van der Waals surface area (Å²) in [6.45, 7) is 17.5. The first kappa shape index (κ1) is 18.0. The Morgan fingerprint density at radius 3 is 2.10 bits per heavy atom. The maximum atomic E-state index is 4.52. The van der Waals surface area contributed by atoms with Crippen molar-refractivity contribution in [2.45, 2.75) is 60.5 Å². The first-order chi connectivity index (χ1) is 9.69. The van der Waals surface area contributed by atoms with Gasteiger partial charge in [-0.2, -0.15) is 0 Å². The summed E-state index contributed by atoms with van der Waals surface area (Å²) in [5.41, 5.74) is 1.36. The van der Waals surface area contributed by atoms with Gasteiger partial charge in [-0.25, -0.2) is 4.98 Å². The summed E-state index contributed by atoms with van der Waals surface area (Å²) in [6, 6.07) is 4.23. The Hall–Kier alpha value is -1.09. The van der Waals surface area contributed by atoms with E-state index in [4.69, 9.17) is 0 Å². The van der Waals surface area contributed by atoms with Crippen LogP contribution in [0.5, 0.6) is 0 Å². The predicted molar refractivity (Wildman–Crippen MR) is 92.5 cm³/mol. The molecule has 0 bridgehead atoms. The zero-order valence-electron chi connectivity index (χ0n) is 14.8. The van der Waals surface area contributed by atoms with Gasteiger partial charge in [0.1, 0.15) is 5.82 Å². The van der Waals surface area contributed by atoms with Crippen LogP contribution >= 0.6 is 0 Å². The average molecular weight is 291 g/mol. The molecule has 0 spiro atoms. The molecule has 120 valence electrons. The molecular formula is C18H33N3. The molecule has 0 aliphatic carbocycles. The van der Waals surface area contributed by atoms with E-state index in [-0.39, 0.29) is 5.54 Å². The third kappa shape index (κ3) is 6.94. The van der Waals surface area contributed by atoms with E-state index in [1.807, 2.05) is 6.20 Å². The second-order valence-electron chi connectivity index (χ2n) is 7.69. The van der Waals surface area contributed by atoms with Crippen molar-refractivity contribution in [3.05, 3.63) is 23.9 Å². The second kappa shape index (κ2) is 7.79. The Kier molecular flexibility index (Phi) is 6.66. The smallest absolute Gasteiger partial charge is 0.125 e. The zero-order chi connectivity index (χ0) is 16.0. The van der Waals surface area contributed by atoms with Crippen LogP contribution in [-0.2, 0) is 6.54 Å². The van der Waals surface area contributed by atoms with Crippen LogP contribution in [0.3, 0.4) is 0 Å². The summed E-state index contributed by atoms with van der Waals surface area (Å²) in [5.74, 6) is 3.02. The molecular weight excluding hydrogens is 258 g/mol. The Labute approximate surface area is 130 Å². The highest BCUT2D eigenvalue weighted by Gasteiger charge is 2.17. The lowest BCUT2D eigenvalue weighted by Gasteiger charge is -2.25. The minimum Gasteiger partial charge on any atom is -0.370 e. The zero-order valence-corrected chi connectivity index (χ0v) is 14.8. The van der Waals surface area contributed by atoms with Crippen molar-refractivity contribution in [1.29, 1.82) is 0 Å². The molecule has 0 saturated heterocycles. The number of aromatic nitrogens is 1. The Balaban J connectivity index is 2.51. The molecule has 1 heterocycles. The van der Waals surface area contributed by atoms with Crippen LogP contribution < -0.4 is 10.6 Å². The molecule has 0 unspecified atom stereocenters. The van der Waals surface area contributed by atoms with Crippen LogP contribution in [0.2, 0.25) is 0 Å². The Morgan fingerprint density at radius 1 is 1.05 bits per heavy atom. The van der Waals surface area contributed by atoms with E-state index < -0.39 is 0 Å². The topological polar surface area (TPSA) is 37.0 Å². The molecule has 3 nitrogen and oxygen atoms in total. The first-order valence-corrected chi connectivity index (χ1v) is 8.13.